The molecule has 1 heterocycles. The Hall–Kier alpha value is -1.93. The van der Waals surface area contributed by atoms with Gasteiger partial charge in [-0.3, -0.25) is 9.59 Å². The topological polar surface area (TPSA) is 95.6 Å². The van der Waals surface area contributed by atoms with E-state index in [9.17, 15) is 18.0 Å². The smallest absolute Gasteiger partial charge is 0.254 e. The van der Waals surface area contributed by atoms with E-state index < -0.39 is 10.0 Å². The van der Waals surface area contributed by atoms with Gasteiger partial charge in [0.1, 0.15) is 0 Å². The zero-order chi connectivity index (χ0) is 20.7. The molecule has 8 heteroatoms. The van der Waals surface area contributed by atoms with E-state index in [1.165, 1.54) is 12.1 Å². The molecule has 28 heavy (non-hydrogen) atoms. The monoisotopic (exact) mass is 409 g/mol. The molecular formula is C20H31N3O4S. The lowest BCUT2D eigenvalue weighted by Gasteiger charge is -2.32. The molecule has 0 bridgehead atoms. The lowest BCUT2D eigenvalue weighted by molar-refractivity contribution is -0.126. The normalized spacial score (nSPS) is 17.4. The lowest BCUT2D eigenvalue weighted by atomic mass is 9.96. The third-order valence-electron chi connectivity index (χ3n) is 4.99. The fourth-order valence-electron chi connectivity index (χ4n) is 3.35. The quantitative estimate of drug-likeness (QED) is 0.643. The largest absolute Gasteiger partial charge is 0.356 e. The number of carbonyl (C=O) groups excluding carboxylic acids is 2. The minimum atomic E-state index is -3.64. The van der Waals surface area contributed by atoms with Crippen molar-refractivity contribution < 1.29 is 18.0 Å². The maximum atomic E-state index is 13.1. The van der Waals surface area contributed by atoms with Gasteiger partial charge in [0.05, 0.1) is 10.8 Å². The Morgan fingerprint density at radius 1 is 1.25 bits per heavy atom. The number of nitrogens with zero attached hydrogens (tertiary/aromatic N) is 1. The average molecular weight is 410 g/mol. The third-order valence-corrected chi connectivity index (χ3v) is 6.54. The summed E-state index contributed by atoms with van der Waals surface area (Å²) < 4.78 is 27.0. The van der Waals surface area contributed by atoms with Gasteiger partial charge in [-0.05, 0) is 43.9 Å². The van der Waals surface area contributed by atoms with E-state index in [2.05, 4.69) is 17.0 Å². The highest BCUT2D eigenvalue weighted by Gasteiger charge is 2.29. The molecule has 2 N–H and O–H groups in total. The predicted octanol–water partition coefficient (Wildman–Crippen LogP) is 2.06. The standard InChI is InChI=1S/C20H31N3O4S/c1-4-6-11-21-19(24)16-8-7-12-23(14-16)20(25)18-13-17(10-9-15(18)3)28(26,27)22-5-2/h9-10,13,16,22H,4-8,11-12,14H2,1-3H3,(H,21,24). The Kier molecular flexibility index (Phi) is 8.00. The lowest BCUT2D eigenvalue weighted by Crippen LogP contribution is -2.45. The van der Waals surface area contributed by atoms with Crippen LogP contribution in [0.15, 0.2) is 23.1 Å². The molecule has 0 radical (unpaired) electrons. The van der Waals surface area contributed by atoms with Crippen LogP contribution in [0.5, 0.6) is 0 Å². The number of piperidine rings is 1. The molecular weight excluding hydrogens is 378 g/mol. The number of hydrogen-bond donors (Lipinski definition) is 2. The van der Waals surface area contributed by atoms with Gasteiger partial charge >= 0.3 is 0 Å². The fraction of sp³-hybridized carbons (Fsp3) is 0.600. The van der Waals surface area contributed by atoms with Crippen LogP contribution in [0.1, 0.15) is 55.5 Å². The van der Waals surface area contributed by atoms with Crippen LogP contribution < -0.4 is 10.0 Å². The molecule has 1 atom stereocenters. The summed E-state index contributed by atoms with van der Waals surface area (Å²) in [5.74, 6) is -0.452. The van der Waals surface area contributed by atoms with Gasteiger partial charge in [-0.15, -0.1) is 0 Å². The highest BCUT2D eigenvalue weighted by molar-refractivity contribution is 7.89. The first kappa shape index (κ1) is 22.4. The molecule has 1 aromatic carbocycles. The maximum absolute atomic E-state index is 13.1. The fourth-order valence-corrected chi connectivity index (χ4v) is 4.42. The second kappa shape index (κ2) is 10.0. The van der Waals surface area contributed by atoms with E-state index in [0.29, 0.717) is 25.2 Å². The van der Waals surface area contributed by atoms with E-state index in [-0.39, 0.29) is 29.2 Å². The van der Waals surface area contributed by atoms with Crippen molar-refractivity contribution in [2.24, 2.45) is 5.92 Å². The first-order valence-corrected chi connectivity index (χ1v) is 11.5. The second-order valence-corrected chi connectivity index (χ2v) is 8.98. The van der Waals surface area contributed by atoms with Crippen LogP contribution in [0.25, 0.3) is 0 Å². The Bertz CT molecular complexity index is 808. The Morgan fingerprint density at radius 3 is 2.68 bits per heavy atom. The molecule has 156 valence electrons. The molecule has 1 saturated heterocycles. The van der Waals surface area contributed by atoms with E-state index in [0.717, 1.165) is 31.2 Å². The van der Waals surface area contributed by atoms with Crippen molar-refractivity contribution in [3.05, 3.63) is 29.3 Å². The van der Waals surface area contributed by atoms with Crippen LogP contribution in [0.2, 0.25) is 0 Å². The van der Waals surface area contributed by atoms with Gasteiger partial charge in [0, 0.05) is 31.7 Å². The number of benzene rings is 1. The molecule has 0 saturated carbocycles. The van der Waals surface area contributed by atoms with Crippen molar-refractivity contribution in [1.82, 2.24) is 14.9 Å². The average Bonchev–Trinajstić information content (AvgIpc) is 2.68. The molecule has 1 aliphatic heterocycles. The molecule has 1 aliphatic rings. The Labute approximate surface area is 167 Å². The van der Waals surface area contributed by atoms with Gasteiger partial charge in [0.15, 0.2) is 0 Å². The molecule has 7 nitrogen and oxygen atoms in total. The number of nitrogens with one attached hydrogen (secondary N) is 2. The first-order valence-electron chi connectivity index (χ1n) is 9.97. The maximum Gasteiger partial charge on any atom is 0.254 e. The molecule has 0 spiro atoms. The zero-order valence-electron chi connectivity index (χ0n) is 17.0. The van der Waals surface area contributed by atoms with Crippen molar-refractivity contribution in [3.8, 4) is 0 Å². The van der Waals surface area contributed by atoms with Crippen LogP contribution in [-0.4, -0.2) is 51.3 Å². The van der Waals surface area contributed by atoms with Crippen LogP contribution in [-0.2, 0) is 14.8 Å². The van der Waals surface area contributed by atoms with Crippen LogP contribution in [0, 0.1) is 12.8 Å². The number of carbonyl (C=O) groups is 2. The SMILES string of the molecule is CCCCNC(=O)C1CCCN(C(=O)c2cc(S(=O)(=O)NCC)ccc2C)C1. The summed E-state index contributed by atoms with van der Waals surface area (Å²) in [7, 11) is -3.64. The van der Waals surface area contributed by atoms with Gasteiger partial charge in [-0.25, -0.2) is 13.1 Å². The van der Waals surface area contributed by atoms with Gasteiger partial charge in [-0.2, -0.15) is 0 Å². The summed E-state index contributed by atoms with van der Waals surface area (Å²) in [6.45, 7) is 7.43. The molecule has 1 fully saturated rings. The number of aryl methyl sites for hydroxylation is 1. The number of likely N-dealkylation sites (tertiary alicyclic amines) is 1. The number of rotatable bonds is 8. The van der Waals surface area contributed by atoms with E-state index >= 15 is 0 Å². The highest BCUT2D eigenvalue weighted by atomic mass is 32.2. The molecule has 1 aromatic rings. The van der Waals surface area contributed by atoms with Gasteiger partial charge < -0.3 is 10.2 Å². The molecule has 0 aliphatic carbocycles. The Morgan fingerprint density at radius 2 is 2.00 bits per heavy atom. The van der Waals surface area contributed by atoms with Crippen molar-refractivity contribution in [2.45, 2.75) is 51.3 Å². The molecule has 1 unspecified atom stereocenters. The number of amides is 2. The number of sulfonamides is 1. The van der Waals surface area contributed by atoms with Crippen LogP contribution in [0.3, 0.4) is 0 Å². The van der Waals surface area contributed by atoms with Crippen molar-refractivity contribution >= 4 is 21.8 Å². The summed E-state index contributed by atoms with van der Waals surface area (Å²) in [6.07, 6.45) is 3.47. The minimum absolute atomic E-state index is 0.00820. The van der Waals surface area contributed by atoms with E-state index in [4.69, 9.17) is 0 Å². The first-order chi connectivity index (χ1) is 13.3. The van der Waals surface area contributed by atoms with E-state index in [1.807, 2.05) is 0 Å². The van der Waals surface area contributed by atoms with Gasteiger partial charge in [0.25, 0.3) is 5.91 Å². The second-order valence-electron chi connectivity index (χ2n) is 7.21. The molecule has 2 amide bonds. The Balaban J connectivity index is 2.15. The summed E-state index contributed by atoms with van der Waals surface area (Å²) in [5.41, 5.74) is 1.08. The number of unbranched alkanes of at least 4 members (excludes halogenated alkanes) is 1. The summed E-state index contributed by atoms with van der Waals surface area (Å²) in [6, 6.07) is 4.58. The molecule has 2 rings (SSSR count). The van der Waals surface area contributed by atoms with Crippen molar-refractivity contribution in [2.75, 3.05) is 26.2 Å². The summed E-state index contributed by atoms with van der Waals surface area (Å²) in [5, 5.41) is 2.94. The number of hydrogen-bond acceptors (Lipinski definition) is 4. The minimum Gasteiger partial charge on any atom is -0.356 e. The zero-order valence-corrected chi connectivity index (χ0v) is 17.8. The van der Waals surface area contributed by atoms with Crippen LogP contribution in [0.4, 0.5) is 0 Å². The summed E-state index contributed by atoms with van der Waals surface area (Å²) >= 11 is 0. The van der Waals surface area contributed by atoms with Gasteiger partial charge in [0.2, 0.25) is 15.9 Å². The third kappa shape index (κ3) is 5.54. The highest BCUT2D eigenvalue weighted by Crippen LogP contribution is 2.22. The van der Waals surface area contributed by atoms with Crippen molar-refractivity contribution in [1.29, 1.82) is 0 Å². The van der Waals surface area contributed by atoms with E-state index in [1.54, 1.807) is 24.8 Å². The predicted molar refractivity (Wildman–Crippen MR) is 109 cm³/mol. The summed E-state index contributed by atoms with van der Waals surface area (Å²) in [4.78, 5) is 27.2. The molecule has 0 aromatic heterocycles. The van der Waals surface area contributed by atoms with Crippen molar-refractivity contribution in [3.63, 3.8) is 0 Å². The van der Waals surface area contributed by atoms with Crippen LogP contribution >= 0.6 is 0 Å². The van der Waals surface area contributed by atoms with Gasteiger partial charge in [-0.1, -0.05) is 26.3 Å².